The summed E-state index contributed by atoms with van der Waals surface area (Å²) in [5.41, 5.74) is 1.70. The van der Waals surface area contributed by atoms with Crippen LogP contribution in [0.4, 0.5) is 13.2 Å². The molecule has 0 bridgehead atoms. The second kappa shape index (κ2) is 5.57. The normalized spacial score (nSPS) is 27.1. The molecule has 0 radical (unpaired) electrons. The molecule has 0 spiro atoms. The highest BCUT2D eigenvalue weighted by Gasteiger charge is 2.45. The van der Waals surface area contributed by atoms with Gasteiger partial charge in [0.25, 0.3) is 0 Å². The minimum atomic E-state index is -4.09. The number of nitrogens with one attached hydrogen (secondary N) is 1. The van der Waals surface area contributed by atoms with Crippen LogP contribution in [-0.4, -0.2) is 17.2 Å². The zero-order chi connectivity index (χ0) is 13.2. The smallest absolute Gasteiger partial charge is 0.306 e. The zero-order valence-electron chi connectivity index (χ0n) is 10.2. The lowest BCUT2D eigenvalue weighted by Crippen LogP contribution is -2.46. The van der Waals surface area contributed by atoms with Gasteiger partial charge in [-0.3, -0.25) is 4.98 Å². The van der Waals surface area contributed by atoms with Crippen molar-refractivity contribution in [1.82, 2.24) is 10.3 Å². The van der Waals surface area contributed by atoms with Gasteiger partial charge in [-0.2, -0.15) is 13.2 Å². The predicted octanol–water partition coefficient (Wildman–Crippen LogP) is 3.91. The molecule has 1 heterocycles. The molecule has 6 heteroatoms. The van der Waals surface area contributed by atoms with Crippen LogP contribution in [0, 0.1) is 5.92 Å². The minimum Gasteiger partial charge on any atom is -0.306 e. The van der Waals surface area contributed by atoms with Gasteiger partial charge in [0.1, 0.15) is 0 Å². The monoisotopic (exact) mass is 278 g/mol. The SMILES string of the molecule is CC(NC1CCCCC1C(F)(F)F)c1cncs1. The molecular weight excluding hydrogens is 261 g/mol. The van der Waals surface area contributed by atoms with E-state index in [0.29, 0.717) is 12.8 Å². The van der Waals surface area contributed by atoms with Crippen molar-refractivity contribution in [1.29, 1.82) is 0 Å². The summed E-state index contributed by atoms with van der Waals surface area (Å²) in [4.78, 5) is 4.95. The molecule has 0 saturated heterocycles. The first-order chi connectivity index (χ1) is 8.48. The van der Waals surface area contributed by atoms with Gasteiger partial charge in [-0.25, -0.2) is 0 Å². The molecule has 1 aromatic rings. The van der Waals surface area contributed by atoms with E-state index in [2.05, 4.69) is 10.3 Å². The molecule has 1 fully saturated rings. The van der Waals surface area contributed by atoms with Gasteiger partial charge in [-0.15, -0.1) is 11.3 Å². The molecule has 1 aliphatic rings. The lowest BCUT2D eigenvalue weighted by molar-refractivity contribution is -0.189. The standard InChI is InChI=1S/C12H17F3N2S/c1-8(11-6-16-7-18-11)17-10-5-3-2-4-9(10)12(13,14)15/h6-10,17H,2-5H2,1H3. The van der Waals surface area contributed by atoms with E-state index in [-0.39, 0.29) is 12.5 Å². The number of hydrogen-bond donors (Lipinski definition) is 1. The Bertz CT molecular complexity index is 364. The van der Waals surface area contributed by atoms with Crippen LogP contribution in [0.1, 0.15) is 43.5 Å². The maximum Gasteiger partial charge on any atom is 0.393 e. The number of nitrogens with zero attached hydrogens (tertiary/aromatic N) is 1. The fraction of sp³-hybridized carbons (Fsp3) is 0.750. The van der Waals surface area contributed by atoms with Gasteiger partial charge >= 0.3 is 6.18 Å². The number of thiazole rings is 1. The summed E-state index contributed by atoms with van der Waals surface area (Å²) >= 11 is 1.47. The topological polar surface area (TPSA) is 24.9 Å². The molecular formula is C12H17F3N2S. The van der Waals surface area contributed by atoms with E-state index in [1.165, 1.54) is 11.3 Å². The van der Waals surface area contributed by atoms with Crippen LogP contribution in [-0.2, 0) is 0 Å². The molecule has 2 rings (SSSR count). The second-order valence-electron chi connectivity index (χ2n) is 4.83. The van der Waals surface area contributed by atoms with Crippen molar-refractivity contribution in [2.24, 2.45) is 5.92 Å². The molecule has 1 saturated carbocycles. The molecule has 3 unspecified atom stereocenters. The molecule has 3 atom stereocenters. The summed E-state index contributed by atoms with van der Waals surface area (Å²) in [5.74, 6) is -1.21. The average molecular weight is 278 g/mol. The van der Waals surface area contributed by atoms with Crippen LogP contribution in [0.5, 0.6) is 0 Å². The van der Waals surface area contributed by atoms with Crippen molar-refractivity contribution in [3.8, 4) is 0 Å². The fourth-order valence-electron chi connectivity index (χ4n) is 2.56. The number of rotatable bonds is 3. The lowest BCUT2D eigenvalue weighted by Gasteiger charge is -2.35. The van der Waals surface area contributed by atoms with Crippen molar-refractivity contribution in [2.75, 3.05) is 0 Å². The Labute approximate surface area is 109 Å². The predicted molar refractivity (Wildman–Crippen MR) is 65.5 cm³/mol. The Morgan fingerprint density at radius 3 is 2.72 bits per heavy atom. The van der Waals surface area contributed by atoms with Crippen molar-refractivity contribution in [2.45, 2.75) is 50.9 Å². The quantitative estimate of drug-likeness (QED) is 0.906. The van der Waals surface area contributed by atoms with Crippen molar-refractivity contribution >= 4 is 11.3 Å². The molecule has 1 N–H and O–H groups in total. The maximum absolute atomic E-state index is 12.9. The van der Waals surface area contributed by atoms with Crippen molar-refractivity contribution in [3.63, 3.8) is 0 Å². The van der Waals surface area contributed by atoms with Gasteiger partial charge in [-0.05, 0) is 19.8 Å². The van der Waals surface area contributed by atoms with Crippen LogP contribution in [0.25, 0.3) is 0 Å². The molecule has 0 aromatic carbocycles. The number of alkyl halides is 3. The van der Waals surface area contributed by atoms with Crippen LogP contribution in [0.15, 0.2) is 11.7 Å². The van der Waals surface area contributed by atoms with E-state index in [1.54, 1.807) is 11.7 Å². The van der Waals surface area contributed by atoms with Gasteiger partial charge in [0.15, 0.2) is 0 Å². The molecule has 102 valence electrons. The van der Waals surface area contributed by atoms with Crippen LogP contribution < -0.4 is 5.32 Å². The second-order valence-corrected chi connectivity index (χ2v) is 5.75. The first-order valence-corrected chi connectivity index (χ1v) is 7.07. The van der Waals surface area contributed by atoms with Crippen molar-refractivity contribution in [3.05, 3.63) is 16.6 Å². The summed E-state index contributed by atoms with van der Waals surface area (Å²) in [5, 5.41) is 3.13. The van der Waals surface area contributed by atoms with E-state index >= 15 is 0 Å². The van der Waals surface area contributed by atoms with Crippen molar-refractivity contribution < 1.29 is 13.2 Å². The molecule has 0 aliphatic heterocycles. The van der Waals surface area contributed by atoms with Gasteiger partial charge in [0, 0.05) is 23.2 Å². The number of hydrogen-bond acceptors (Lipinski definition) is 3. The summed E-state index contributed by atoms with van der Waals surface area (Å²) in [6, 6.07) is -0.527. The molecule has 18 heavy (non-hydrogen) atoms. The minimum absolute atomic E-state index is 0.0644. The Hall–Kier alpha value is -0.620. The highest BCUT2D eigenvalue weighted by atomic mass is 32.1. The summed E-state index contributed by atoms with van der Waals surface area (Å²) in [6.07, 6.45) is 0.0279. The Balaban J connectivity index is 2.01. The first kappa shape index (κ1) is 13.8. The highest BCUT2D eigenvalue weighted by Crippen LogP contribution is 2.38. The lowest BCUT2D eigenvalue weighted by atomic mass is 9.83. The van der Waals surface area contributed by atoms with Gasteiger partial charge in [-0.1, -0.05) is 12.8 Å². The van der Waals surface area contributed by atoms with Gasteiger partial charge in [0.2, 0.25) is 0 Å². The third-order valence-electron chi connectivity index (χ3n) is 3.53. The Morgan fingerprint density at radius 2 is 2.11 bits per heavy atom. The molecule has 1 aliphatic carbocycles. The molecule has 0 amide bonds. The maximum atomic E-state index is 12.9. The van der Waals surface area contributed by atoms with Gasteiger partial charge < -0.3 is 5.32 Å². The number of aromatic nitrogens is 1. The third-order valence-corrected chi connectivity index (χ3v) is 4.49. The zero-order valence-corrected chi connectivity index (χ0v) is 11.0. The average Bonchev–Trinajstić information content (AvgIpc) is 2.81. The third kappa shape index (κ3) is 3.23. The van der Waals surface area contributed by atoms with Gasteiger partial charge in [0.05, 0.1) is 11.4 Å². The number of halogens is 3. The summed E-state index contributed by atoms with van der Waals surface area (Å²) < 4.78 is 38.8. The van der Waals surface area contributed by atoms with Crippen LogP contribution >= 0.6 is 11.3 Å². The Morgan fingerprint density at radius 1 is 1.39 bits per heavy atom. The van der Waals surface area contributed by atoms with Crippen LogP contribution in [0.3, 0.4) is 0 Å². The largest absolute Gasteiger partial charge is 0.393 e. The molecule has 2 nitrogen and oxygen atoms in total. The van der Waals surface area contributed by atoms with E-state index in [9.17, 15) is 13.2 Å². The summed E-state index contributed by atoms with van der Waals surface area (Å²) in [6.45, 7) is 1.90. The van der Waals surface area contributed by atoms with E-state index in [4.69, 9.17) is 0 Å². The highest BCUT2D eigenvalue weighted by molar-refractivity contribution is 7.09. The fourth-order valence-corrected chi connectivity index (χ4v) is 3.20. The Kier molecular flexibility index (Phi) is 4.27. The van der Waals surface area contributed by atoms with Crippen LogP contribution in [0.2, 0.25) is 0 Å². The van der Waals surface area contributed by atoms with E-state index in [0.717, 1.165) is 11.3 Å². The van der Waals surface area contributed by atoms with E-state index in [1.807, 2.05) is 6.92 Å². The van der Waals surface area contributed by atoms with E-state index < -0.39 is 18.1 Å². The summed E-state index contributed by atoms with van der Waals surface area (Å²) in [7, 11) is 0. The molecule has 1 aromatic heterocycles. The first-order valence-electron chi connectivity index (χ1n) is 6.19.